The monoisotopic (exact) mass is 315 g/mol. The zero-order valence-corrected chi connectivity index (χ0v) is 12.6. The maximum atomic E-state index is 6.28. The van der Waals surface area contributed by atoms with Gasteiger partial charge in [-0.2, -0.15) is 0 Å². The first kappa shape index (κ1) is 13.4. The fourth-order valence-corrected chi connectivity index (χ4v) is 3.17. The third-order valence-corrected chi connectivity index (χ3v) is 4.42. The van der Waals surface area contributed by atoms with Crippen molar-refractivity contribution >= 4 is 27.5 Å². The molecule has 1 aromatic carbocycles. The van der Waals surface area contributed by atoms with E-state index < -0.39 is 0 Å². The Morgan fingerprint density at radius 2 is 2.18 bits per heavy atom. The van der Waals surface area contributed by atoms with Gasteiger partial charge in [-0.05, 0) is 44.0 Å². The van der Waals surface area contributed by atoms with Crippen LogP contribution in [-0.4, -0.2) is 17.5 Å². The second-order valence-electron chi connectivity index (χ2n) is 4.90. The van der Waals surface area contributed by atoms with E-state index in [0.717, 1.165) is 16.0 Å². The lowest BCUT2D eigenvalue weighted by Gasteiger charge is -2.27. The number of halogens is 2. The molecule has 0 amide bonds. The Hall–Kier alpha value is -0.0500. The molecule has 3 heteroatoms. The van der Waals surface area contributed by atoms with Crippen LogP contribution in [0.2, 0.25) is 5.02 Å². The highest BCUT2D eigenvalue weighted by Gasteiger charge is 2.17. The molecule has 94 valence electrons. The van der Waals surface area contributed by atoms with Gasteiger partial charge in [0.15, 0.2) is 0 Å². The number of hydrogen-bond donors (Lipinski definition) is 0. The van der Waals surface area contributed by atoms with Crippen molar-refractivity contribution in [3.05, 3.63) is 33.3 Å². The zero-order valence-electron chi connectivity index (χ0n) is 10.3. The lowest BCUT2D eigenvalue weighted by molar-refractivity contribution is 0.205. The average Bonchev–Trinajstić information content (AvgIpc) is 2.48. The van der Waals surface area contributed by atoms with Crippen molar-refractivity contribution in [1.82, 2.24) is 4.90 Å². The summed E-state index contributed by atoms with van der Waals surface area (Å²) in [4.78, 5) is 2.56. The molecular formula is C14H19BrClN. The summed E-state index contributed by atoms with van der Waals surface area (Å²) in [5.74, 6) is 0. The Kier molecular flexibility index (Phi) is 4.89. The highest BCUT2D eigenvalue weighted by atomic mass is 79.9. The summed E-state index contributed by atoms with van der Waals surface area (Å²) in [5, 5.41) is 0.871. The summed E-state index contributed by atoms with van der Waals surface area (Å²) in [7, 11) is 0. The molecule has 0 bridgehead atoms. The Morgan fingerprint density at radius 1 is 1.35 bits per heavy atom. The molecule has 1 aromatic rings. The number of rotatable bonds is 2. The van der Waals surface area contributed by atoms with Crippen molar-refractivity contribution in [3.63, 3.8) is 0 Å². The minimum atomic E-state index is 0.678. The molecule has 1 nitrogen and oxygen atoms in total. The Labute approximate surface area is 117 Å². The molecule has 1 saturated heterocycles. The topological polar surface area (TPSA) is 3.24 Å². The Balaban J connectivity index is 2.08. The van der Waals surface area contributed by atoms with Crippen molar-refractivity contribution in [3.8, 4) is 0 Å². The molecule has 1 aliphatic rings. The molecule has 0 radical (unpaired) electrons. The van der Waals surface area contributed by atoms with Crippen LogP contribution in [0.4, 0.5) is 0 Å². The van der Waals surface area contributed by atoms with E-state index in [2.05, 4.69) is 39.9 Å². The minimum absolute atomic E-state index is 0.678. The molecule has 1 heterocycles. The van der Waals surface area contributed by atoms with E-state index in [9.17, 15) is 0 Å². The van der Waals surface area contributed by atoms with Gasteiger partial charge in [-0.1, -0.05) is 46.4 Å². The maximum absolute atomic E-state index is 6.28. The molecule has 0 N–H and O–H groups in total. The highest BCUT2D eigenvalue weighted by molar-refractivity contribution is 9.10. The van der Waals surface area contributed by atoms with Gasteiger partial charge in [-0.3, -0.25) is 4.90 Å². The first-order valence-electron chi connectivity index (χ1n) is 6.35. The molecule has 0 spiro atoms. The van der Waals surface area contributed by atoms with Gasteiger partial charge in [0.1, 0.15) is 0 Å². The van der Waals surface area contributed by atoms with Crippen molar-refractivity contribution < 1.29 is 0 Å². The maximum Gasteiger partial charge on any atom is 0.0462 e. The molecule has 2 rings (SSSR count). The van der Waals surface area contributed by atoms with Gasteiger partial charge in [0.05, 0.1) is 0 Å². The molecule has 1 aliphatic heterocycles. The molecule has 0 saturated carbocycles. The summed E-state index contributed by atoms with van der Waals surface area (Å²) >= 11 is 9.73. The van der Waals surface area contributed by atoms with Crippen LogP contribution in [-0.2, 0) is 6.54 Å². The predicted molar refractivity (Wildman–Crippen MR) is 77.5 cm³/mol. The SMILES string of the molecule is CC1CCCCCN1Cc1ccc(Br)cc1Cl. The third kappa shape index (κ3) is 3.70. The van der Waals surface area contributed by atoms with Crippen LogP contribution in [0, 0.1) is 0 Å². The Bertz CT molecular complexity index is 380. The van der Waals surface area contributed by atoms with Crippen molar-refractivity contribution in [2.45, 2.75) is 45.2 Å². The lowest BCUT2D eigenvalue weighted by atomic mass is 10.1. The smallest absolute Gasteiger partial charge is 0.0462 e. The minimum Gasteiger partial charge on any atom is -0.296 e. The first-order chi connectivity index (χ1) is 8.16. The molecule has 1 atom stereocenters. The predicted octanol–water partition coefficient (Wildman–Crippen LogP) is 4.87. The van der Waals surface area contributed by atoms with Gasteiger partial charge in [0, 0.05) is 22.1 Å². The van der Waals surface area contributed by atoms with Gasteiger partial charge in [-0.25, -0.2) is 0 Å². The normalized spacial score (nSPS) is 22.4. The second-order valence-corrected chi connectivity index (χ2v) is 6.23. The van der Waals surface area contributed by atoms with Crippen LogP contribution < -0.4 is 0 Å². The van der Waals surface area contributed by atoms with Gasteiger partial charge in [0.2, 0.25) is 0 Å². The quantitative estimate of drug-likeness (QED) is 0.752. The van der Waals surface area contributed by atoms with E-state index in [4.69, 9.17) is 11.6 Å². The summed E-state index contributed by atoms with van der Waals surface area (Å²) in [6.45, 7) is 4.51. The summed E-state index contributed by atoms with van der Waals surface area (Å²) in [6, 6.07) is 6.87. The van der Waals surface area contributed by atoms with Crippen molar-refractivity contribution in [2.24, 2.45) is 0 Å². The zero-order chi connectivity index (χ0) is 12.3. The van der Waals surface area contributed by atoms with Gasteiger partial charge < -0.3 is 0 Å². The summed E-state index contributed by atoms with van der Waals surface area (Å²) < 4.78 is 1.05. The molecular weight excluding hydrogens is 298 g/mol. The largest absolute Gasteiger partial charge is 0.296 e. The van der Waals surface area contributed by atoms with E-state index in [1.54, 1.807) is 0 Å². The number of benzene rings is 1. The number of hydrogen-bond acceptors (Lipinski definition) is 1. The van der Waals surface area contributed by atoms with Crippen LogP contribution in [0.3, 0.4) is 0 Å². The fraction of sp³-hybridized carbons (Fsp3) is 0.571. The third-order valence-electron chi connectivity index (χ3n) is 3.58. The van der Waals surface area contributed by atoms with E-state index in [1.165, 1.54) is 37.8 Å². The van der Waals surface area contributed by atoms with Crippen LogP contribution in [0.5, 0.6) is 0 Å². The summed E-state index contributed by atoms with van der Waals surface area (Å²) in [6.07, 6.45) is 5.37. The van der Waals surface area contributed by atoms with Crippen LogP contribution in [0.15, 0.2) is 22.7 Å². The van der Waals surface area contributed by atoms with E-state index in [-0.39, 0.29) is 0 Å². The average molecular weight is 317 g/mol. The molecule has 1 fully saturated rings. The molecule has 0 aliphatic carbocycles. The van der Waals surface area contributed by atoms with Crippen LogP contribution in [0.1, 0.15) is 38.2 Å². The van der Waals surface area contributed by atoms with E-state index >= 15 is 0 Å². The Morgan fingerprint density at radius 3 is 2.94 bits per heavy atom. The van der Waals surface area contributed by atoms with Crippen LogP contribution in [0.25, 0.3) is 0 Å². The molecule has 1 unspecified atom stereocenters. The standard InChI is InChI=1S/C14H19BrClN/c1-11-5-3-2-4-8-17(11)10-12-6-7-13(15)9-14(12)16/h6-7,9,11H,2-5,8,10H2,1H3. The fourth-order valence-electron chi connectivity index (χ4n) is 2.44. The van der Waals surface area contributed by atoms with Crippen molar-refractivity contribution in [1.29, 1.82) is 0 Å². The van der Waals surface area contributed by atoms with Gasteiger partial charge >= 0.3 is 0 Å². The lowest BCUT2D eigenvalue weighted by Crippen LogP contribution is -2.32. The van der Waals surface area contributed by atoms with Gasteiger partial charge in [0.25, 0.3) is 0 Å². The van der Waals surface area contributed by atoms with Crippen molar-refractivity contribution in [2.75, 3.05) is 6.54 Å². The number of likely N-dealkylation sites (tertiary alicyclic amines) is 1. The number of nitrogens with zero attached hydrogens (tertiary/aromatic N) is 1. The summed E-state index contributed by atoms with van der Waals surface area (Å²) in [5.41, 5.74) is 1.24. The second kappa shape index (κ2) is 6.21. The first-order valence-corrected chi connectivity index (χ1v) is 7.52. The van der Waals surface area contributed by atoms with E-state index in [1.807, 2.05) is 6.07 Å². The van der Waals surface area contributed by atoms with Crippen LogP contribution >= 0.6 is 27.5 Å². The molecule has 0 aromatic heterocycles. The highest BCUT2D eigenvalue weighted by Crippen LogP contribution is 2.25. The molecule has 17 heavy (non-hydrogen) atoms. The van der Waals surface area contributed by atoms with E-state index in [0.29, 0.717) is 6.04 Å². The van der Waals surface area contributed by atoms with Gasteiger partial charge in [-0.15, -0.1) is 0 Å².